The number of carbonyl (C=O) groups is 2. The maximum absolute atomic E-state index is 13.0. The molecule has 0 saturated heterocycles. The first kappa shape index (κ1) is 25.5. The summed E-state index contributed by atoms with van der Waals surface area (Å²) >= 11 is 0. The Kier molecular flexibility index (Phi) is 6.50. The molecule has 0 saturated carbocycles. The van der Waals surface area contributed by atoms with Crippen LogP contribution in [-0.2, 0) is 29.4 Å². The molecule has 14 heteroatoms. The Balaban J connectivity index is 1.63. The fourth-order valence-electron chi connectivity index (χ4n) is 3.68. The Hall–Kier alpha value is -4.62. The predicted octanol–water partition coefficient (Wildman–Crippen LogP) is 2.16. The van der Waals surface area contributed by atoms with Gasteiger partial charge in [-0.1, -0.05) is 6.07 Å². The van der Waals surface area contributed by atoms with Crippen molar-refractivity contribution in [3.8, 4) is 11.3 Å². The standard InChI is InChI=1S/C23H20F3N7O4/c1-12(34)10-32-21(36)18-19(31(3)22(32)37)28-11-33(18)13(2)20(35)30-17-6-4-5-15(29-17)14-7-8-16(27-9-14)23(24,25)26/h4-9,11,13H,10H2,1-3H3,(H,29,30,35). The third kappa shape index (κ3) is 4.90. The molecular weight excluding hydrogens is 495 g/mol. The number of Topliss-reactive ketones (excluding diaryl/α,β-unsaturated/α-hetero) is 1. The van der Waals surface area contributed by atoms with Crippen LogP contribution in [0.1, 0.15) is 25.6 Å². The van der Waals surface area contributed by atoms with Crippen LogP contribution >= 0.6 is 0 Å². The van der Waals surface area contributed by atoms with E-state index in [1.807, 2.05) is 0 Å². The van der Waals surface area contributed by atoms with Crippen LogP contribution in [0.4, 0.5) is 19.0 Å². The Morgan fingerprint density at radius 3 is 2.46 bits per heavy atom. The number of hydrogen-bond acceptors (Lipinski definition) is 7. The van der Waals surface area contributed by atoms with Gasteiger partial charge in [-0.05, 0) is 38.1 Å². The smallest absolute Gasteiger partial charge is 0.312 e. The minimum absolute atomic E-state index is 0.0384. The zero-order valence-electron chi connectivity index (χ0n) is 19.8. The Morgan fingerprint density at radius 1 is 1.11 bits per heavy atom. The van der Waals surface area contributed by atoms with Crippen molar-refractivity contribution in [1.82, 2.24) is 28.7 Å². The average Bonchev–Trinajstić information content (AvgIpc) is 3.30. The van der Waals surface area contributed by atoms with Crippen LogP contribution in [0.2, 0.25) is 0 Å². The maximum Gasteiger partial charge on any atom is 0.433 e. The molecule has 0 aliphatic heterocycles. The number of nitrogens with one attached hydrogen (secondary N) is 1. The number of nitrogens with zero attached hydrogens (tertiary/aromatic N) is 6. The van der Waals surface area contributed by atoms with Crippen LogP contribution in [0.3, 0.4) is 0 Å². The zero-order chi connectivity index (χ0) is 27.1. The molecular formula is C23H20F3N7O4. The molecule has 1 atom stereocenters. The maximum atomic E-state index is 13.0. The molecule has 1 unspecified atom stereocenters. The van der Waals surface area contributed by atoms with Crippen molar-refractivity contribution in [2.75, 3.05) is 5.32 Å². The minimum Gasteiger partial charge on any atom is -0.312 e. The molecule has 0 aliphatic carbocycles. The number of amides is 1. The van der Waals surface area contributed by atoms with Crippen LogP contribution < -0.4 is 16.6 Å². The minimum atomic E-state index is -4.57. The van der Waals surface area contributed by atoms with Gasteiger partial charge in [0.15, 0.2) is 11.2 Å². The molecule has 4 aromatic heterocycles. The number of alkyl halides is 3. The molecule has 4 heterocycles. The molecule has 0 aromatic carbocycles. The molecule has 0 radical (unpaired) electrons. The topological polar surface area (TPSA) is 134 Å². The van der Waals surface area contributed by atoms with Crippen molar-refractivity contribution < 1.29 is 22.8 Å². The largest absolute Gasteiger partial charge is 0.433 e. The number of fused-ring (bicyclic) bond motifs is 1. The Morgan fingerprint density at radius 2 is 1.84 bits per heavy atom. The first-order chi connectivity index (χ1) is 17.4. The van der Waals surface area contributed by atoms with E-state index >= 15 is 0 Å². The summed E-state index contributed by atoms with van der Waals surface area (Å²) in [5.74, 6) is -0.870. The number of ketones is 1. The predicted molar refractivity (Wildman–Crippen MR) is 126 cm³/mol. The van der Waals surface area contributed by atoms with Crippen molar-refractivity contribution in [2.24, 2.45) is 7.05 Å². The summed E-state index contributed by atoms with van der Waals surface area (Å²) in [6, 6.07) is 5.66. The van der Waals surface area contributed by atoms with E-state index in [2.05, 4.69) is 20.3 Å². The summed E-state index contributed by atoms with van der Waals surface area (Å²) in [7, 11) is 1.40. The molecule has 0 bridgehead atoms. The van der Waals surface area contributed by atoms with Crippen LogP contribution in [0.15, 0.2) is 52.4 Å². The molecule has 4 rings (SSSR count). The van der Waals surface area contributed by atoms with E-state index in [-0.39, 0.29) is 22.7 Å². The van der Waals surface area contributed by atoms with Gasteiger partial charge in [-0.2, -0.15) is 13.2 Å². The van der Waals surface area contributed by atoms with Gasteiger partial charge < -0.3 is 9.88 Å². The summed E-state index contributed by atoms with van der Waals surface area (Å²) in [6.07, 6.45) is -2.30. The van der Waals surface area contributed by atoms with E-state index in [9.17, 15) is 32.3 Å². The lowest BCUT2D eigenvalue weighted by Crippen LogP contribution is -2.41. The van der Waals surface area contributed by atoms with Crippen molar-refractivity contribution in [3.05, 3.63) is 69.4 Å². The first-order valence-corrected chi connectivity index (χ1v) is 10.9. The molecule has 0 aliphatic rings. The van der Waals surface area contributed by atoms with Gasteiger partial charge in [0, 0.05) is 18.8 Å². The fraction of sp³-hybridized carbons (Fsp3) is 0.261. The monoisotopic (exact) mass is 515 g/mol. The second kappa shape index (κ2) is 9.44. The molecule has 37 heavy (non-hydrogen) atoms. The van der Waals surface area contributed by atoms with Gasteiger partial charge in [-0.25, -0.2) is 14.8 Å². The van der Waals surface area contributed by atoms with E-state index in [0.29, 0.717) is 5.56 Å². The van der Waals surface area contributed by atoms with Crippen LogP contribution in [0.5, 0.6) is 0 Å². The number of anilines is 1. The van der Waals surface area contributed by atoms with E-state index in [1.54, 1.807) is 12.1 Å². The number of aryl methyl sites for hydroxylation is 1. The van der Waals surface area contributed by atoms with Crippen LogP contribution in [0.25, 0.3) is 22.4 Å². The third-order valence-electron chi connectivity index (χ3n) is 5.59. The van der Waals surface area contributed by atoms with E-state index in [1.165, 1.54) is 43.9 Å². The van der Waals surface area contributed by atoms with Gasteiger partial charge in [-0.15, -0.1) is 0 Å². The van der Waals surface area contributed by atoms with Crippen molar-refractivity contribution >= 4 is 28.7 Å². The summed E-state index contributed by atoms with van der Waals surface area (Å²) < 4.78 is 41.5. The lowest BCUT2D eigenvalue weighted by molar-refractivity contribution is -0.141. The number of halogens is 3. The highest BCUT2D eigenvalue weighted by molar-refractivity contribution is 5.93. The van der Waals surface area contributed by atoms with Gasteiger partial charge >= 0.3 is 11.9 Å². The molecule has 4 aromatic rings. The number of aromatic nitrogens is 6. The van der Waals surface area contributed by atoms with E-state index in [4.69, 9.17) is 0 Å². The quantitative estimate of drug-likeness (QED) is 0.416. The van der Waals surface area contributed by atoms with Gasteiger partial charge in [-0.3, -0.25) is 28.5 Å². The molecule has 0 spiro atoms. The molecule has 1 N–H and O–H groups in total. The average molecular weight is 515 g/mol. The normalized spacial score (nSPS) is 12.5. The summed E-state index contributed by atoms with van der Waals surface area (Å²) in [4.78, 5) is 61.9. The number of carbonyl (C=O) groups excluding carboxylic acids is 2. The molecule has 1 amide bonds. The van der Waals surface area contributed by atoms with Gasteiger partial charge in [0.1, 0.15) is 23.3 Å². The third-order valence-corrected chi connectivity index (χ3v) is 5.59. The Labute approximate surface area is 206 Å². The molecule has 0 fully saturated rings. The molecule has 11 nitrogen and oxygen atoms in total. The number of pyridine rings is 2. The lowest BCUT2D eigenvalue weighted by atomic mass is 10.1. The summed E-state index contributed by atoms with van der Waals surface area (Å²) in [5.41, 5.74) is -1.92. The number of imidazole rings is 1. The SMILES string of the molecule is CC(=O)Cn1c(=O)c2c(ncn2C(C)C(=O)Nc2cccc(-c3ccc(C(F)(F)F)nc3)n2)n(C)c1=O. The zero-order valence-corrected chi connectivity index (χ0v) is 19.8. The van der Waals surface area contributed by atoms with Gasteiger partial charge in [0.05, 0.1) is 18.6 Å². The number of hydrogen-bond donors (Lipinski definition) is 1. The van der Waals surface area contributed by atoms with Crippen LogP contribution in [0, 0.1) is 0 Å². The second-order valence-corrected chi connectivity index (χ2v) is 8.26. The second-order valence-electron chi connectivity index (χ2n) is 8.26. The number of rotatable bonds is 6. The van der Waals surface area contributed by atoms with E-state index in [0.717, 1.165) is 21.4 Å². The highest BCUT2D eigenvalue weighted by Crippen LogP contribution is 2.29. The van der Waals surface area contributed by atoms with Crippen LogP contribution in [-0.4, -0.2) is 40.3 Å². The van der Waals surface area contributed by atoms with Crippen molar-refractivity contribution in [1.29, 1.82) is 0 Å². The Bertz CT molecular complexity index is 1640. The lowest BCUT2D eigenvalue weighted by Gasteiger charge is -2.15. The van der Waals surface area contributed by atoms with Gasteiger partial charge in [0.2, 0.25) is 5.91 Å². The highest BCUT2D eigenvalue weighted by Gasteiger charge is 2.32. The first-order valence-electron chi connectivity index (χ1n) is 10.9. The van der Waals surface area contributed by atoms with Gasteiger partial charge in [0.25, 0.3) is 5.56 Å². The highest BCUT2D eigenvalue weighted by atomic mass is 19.4. The fourth-order valence-corrected chi connectivity index (χ4v) is 3.68. The van der Waals surface area contributed by atoms with Crippen molar-refractivity contribution in [2.45, 2.75) is 32.6 Å². The van der Waals surface area contributed by atoms with Crippen molar-refractivity contribution in [3.63, 3.8) is 0 Å². The molecule has 192 valence electrons. The summed E-state index contributed by atoms with van der Waals surface area (Å²) in [6.45, 7) is 2.31. The van der Waals surface area contributed by atoms with E-state index < -0.39 is 47.4 Å². The summed E-state index contributed by atoms with van der Waals surface area (Å²) in [5, 5.41) is 2.60.